The van der Waals surface area contributed by atoms with Gasteiger partial charge in [-0.3, -0.25) is 0 Å². The molecule has 0 bridgehead atoms. The number of benzene rings is 1. The maximum atomic E-state index is 12.1. The van der Waals surface area contributed by atoms with Gasteiger partial charge in [0.15, 0.2) is 0 Å². The van der Waals surface area contributed by atoms with Crippen LogP contribution in [-0.2, 0) is 0 Å². The second kappa shape index (κ2) is 4.12. The Balaban J connectivity index is 0.000000810. The van der Waals surface area contributed by atoms with Gasteiger partial charge in [0.2, 0.25) is 0 Å². The van der Waals surface area contributed by atoms with Gasteiger partial charge in [0, 0.05) is 11.9 Å². The summed E-state index contributed by atoms with van der Waals surface area (Å²) in [5, 5.41) is 8.24. The molecule has 1 rings (SSSR count). The number of nitriles is 1. The Morgan fingerprint density at radius 2 is 2.20 bits per heavy atom. The van der Waals surface area contributed by atoms with Crippen LogP contribution in [0.1, 0.15) is 5.56 Å². The number of hydrogen-bond donors (Lipinski definition) is 0. The third-order valence-electron chi connectivity index (χ3n) is 0.904. The van der Waals surface area contributed by atoms with Gasteiger partial charge >= 0.3 is 18.9 Å². The van der Waals surface area contributed by atoms with Gasteiger partial charge in [0.05, 0.1) is 0 Å². The summed E-state index contributed by atoms with van der Waals surface area (Å²) in [7, 11) is 0. The summed E-state index contributed by atoms with van der Waals surface area (Å²) in [6.07, 6.45) is 0. The van der Waals surface area contributed by atoms with E-state index < -0.39 is 5.82 Å². The summed E-state index contributed by atoms with van der Waals surface area (Å²) in [6, 6.07) is 8.05. The summed E-state index contributed by atoms with van der Waals surface area (Å²) in [4.78, 5) is 0. The molecule has 0 aliphatic heterocycles. The maximum Gasteiger partial charge on any atom is 1.00 e. The predicted molar refractivity (Wildman–Crippen MR) is 30.0 cm³/mol. The molecular formula is C7H3FLiN. The third kappa shape index (κ3) is 2.23. The van der Waals surface area contributed by atoms with Crippen molar-refractivity contribution in [1.29, 1.82) is 5.26 Å². The van der Waals surface area contributed by atoms with Crippen LogP contribution in [0.5, 0.6) is 0 Å². The van der Waals surface area contributed by atoms with Crippen LogP contribution in [0.25, 0.3) is 0 Å². The van der Waals surface area contributed by atoms with Gasteiger partial charge in [-0.05, 0) is 0 Å². The van der Waals surface area contributed by atoms with Crippen LogP contribution in [0, 0.1) is 23.2 Å². The van der Waals surface area contributed by atoms with Crippen molar-refractivity contribution >= 4 is 0 Å². The molecule has 0 aromatic heterocycles. The van der Waals surface area contributed by atoms with Gasteiger partial charge in [-0.1, -0.05) is 5.56 Å². The minimum Gasteiger partial charge on any atom is -0.236 e. The van der Waals surface area contributed by atoms with Crippen molar-refractivity contribution in [3.63, 3.8) is 0 Å². The molecule has 0 aliphatic rings. The van der Waals surface area contributed by atoms with Gasteiger partial charge in [-0.25, -0.2) is 9.65 Å². The van der Waals surface area contributed by atoms with E-state index in [-0.39, 0.29) is 18.9 Å². The summed E-state index contributed by atoms with van der Waals surface area (Å²) in [6.45, 7) is 0. The summed E-state index contributed by atoms with van der Waals surface area (Å²) < 4.78 is 12.1. The molecule has 0 unspecified atom stereocenters. The smallest absolute Gasteiger partial charge is 0.236 e. The Kier molecular flexibility index (Phi) is 3.80. The molecule has 0 saturated carbocycles. The first kappa shape index (κ1) is 9.24. The molecule has 0 radical (unpaired) electrons. The van der Waals surface area contributed by atoms with E-state index in [9.17, 15) is 4.39 Å². The fraction of sp³-hybridized carbons (Fsp3) is 0. The fourth-order valence-electron chi connectivity index (χ4n) is 0.475. The first-order valence-corrected chi connectivity index (χ1v) is 2.40. The van der Waals surface area contributed by atoms with E-state index in [1.807, 2.05) is 6.07 Å². The summed E-state index contributed by atoms with van der Waals surface area (Å²) in [5.74, 6) is -0.436. The first-order chi connectivity index (χ1) is 4.33. The third-order valence-corrected chi connectivity index (χ3v) is 0.904. The van der Waals surface area contributed by atoms with Gasteiger partial charge < -0.3 is 0 Å². The van der Waals surface area contributed by atoms with Crippen molar-refractivity contribution in [2.75, 3.05) is 0 Å². The summed E-state index contributed by atoms with van der Waals surface area (Å²) >= 11 is 0. The van der Waals surface area contributed by atoms with Crippen LogP contribution in [0.15, 0.2) is 18.2 Å². The van der Waals surface area contributed by atoms with E-state index in [4.69, 9.17) is 5.26 Å². The molecule has 10 heavy (non-hydrogen) atoms. The molecule has 0 N–H and O–H groups in total. The Labute approximate surface area is 70.7 Å². The molecular weight excluding hydrogens is 124 g/mol. The second-order valence-electron chi connectivity index (χ2n) is 1.54. The molecule has 44 valence electrons. The molecule has 1 aromatic carbocycles. The van der Waals surface area contributed by atoms with Crippen molar-refractivity contribution in [2.24, 2.45) is 0 Å². The standard InChI is InChI=1S/C7H3FN.Li/c8-7-3-1-6(5-9)2-4-7;/h1-3H;/q-1;+1. The maximum absolute atomic E-state index is 12.1. The molecule has 0 spiro atoms. The minimum atomic E-state index is -0.436. The van der Waals surface area contributed by atoms with Crippen LogP contribution in [0.3, 0.4) is 0 Å². The Bertz CT molecular complexity index is 237. The zero-order valence-corrected chi connectivity index (χ0v) is 5.56. The Hall–Kier alpha value is -0.763. The normalized spacial score (nSPS) is 7.60. The number of halogens is 1. The molecule has 0 heterocycles. The monoisotopic (exact) mass is 127 g/mol. The van der Waals surface area contributed by atoms with Gasteiger partial charge in [-0.15, -0.1) is 12.1 Å². The molecule has 0 fully saturated rings. The van der Waals surface area contributed by atoms with E-state index in [1.165, 1.54) is 18.2 Å². The number of rotatable bonds is 0. The van der Waals surface area contributed by atoms with E-state index in [0.29, 0.717) is 5.56 Å². The molecule has 0 aliphatic carbocycles. The summed E-state index contributed by atoms with van der Waals surface area (Å²) in [5.41, 5.74) is 0.427. The quantitative estimate of drug-likeness (QED) is 0.307. The molecule has 1 aromatic rings. The van der Waals surface area contributed by atoms with Crippen LogP contribution >= 0.6 is 0 Å². The van der Waals surface area contributed by atoms with Crippen molar-refractivity contribution in [3.8, 4) is 6.07 Å². The zero-order chi connectivity index (χ0) is 6.69. The van der Waals surface area contributed by atoms with Crippen LogP contribution < -0.4 is 18.9 Å². The van der Waals surface area contributed by atoms with Gasteiger partial charge in [-0.2, -0.15) is 12.1 Å². The number of nitrogens with zero attached hydrogens (tertiary/aromatic N) is 1. The van der Waals surface area contributed by atoms with E-state index in [1.54, 1.807) is 0 Å². The van der Waals surface area contributed by atoms with Crippen molar-refractivity contribution in [2.45, 2.75) is 0 Å². The molecule has 0 amide bonds. The fourth-order valence-corrected chi connectivity index (χ4v) is 0.475. The van der Waals surface area contributed by atoms with E-state index in [0.717, 1.165) is 0 Å². The molecule has 0 saturated heterocycles. The van der Waals surface area contributed by atoms with Crippen LogP contribution in [0.2, 0.25) is 0 Å². The Morgan fingerprint density at radius 3 is 2.60 bits per heavy atom. The first-order valence-electron chi connectivity index (χ1n) is 2.40. The topological polar surface area (TPSA) is 23.8 Å². The zero-order valence-electron chi connectivity index (χ0n) is 5.56. The van der Waals surface area contributed by atoms with Gasteiger partial charge in [0.1, 0.15) is 0 Å². The number of hydrogen-bond acceptors (Lipinski definition) is 1. The molecule has 1 nitrogen and oxygen atoms in total. The van der Waals surface area contributed by atoms with Crippen LogP contribution in [0.4, 0.5) is 4.39 Å². The molecule has 0 atom stereocenters. The average molecular weight is 127 g/mol. The van der Waals surface area contributed by atoms with Gasteiger partial charge in [0.25, 0.3) is 0 Å². The molecule has 3 heteroatoms. The predicted octanol–water partition coefficient (Wildman–Crippen LogP) is -1.50. The Morgan fingerprint density at radius 1 is 1.50 bits per heavy atom. The van der Waals surface area contributed by atoms with Crippen LogP contribution in [-0.4, -0.2) is 0 Å². The second-order valence-corrected chi connectivity index (χ2v) is 1.54. The SMILES string of the molecule is N#Cc1c[c-]c(F)cc1.[Li+]. The van der Waals surface area contributed by atoms with Crippen molar-refractivity contribution in [3.05, 3.63) is 35.6 Å². The van der Waals surface area contributed by atoms with E-state index >= 15 is 0 Å². The van der Waals surface area contributed by atoms with Crippen molar-refractivity contribution < 1.29 is 23.3 Å². The largest absolute Gasteiger partial charge is 1.00 e. The van der Waals surface area contributed by atoms with Crippen molar-refractivity contribution in [1.82, 2.24) is 0 Å². The average Bonchev–Trinajstić information content (AvgIpc) is 1.90. The minimum absolute atomic E-state index is 0. The van der Waals surface area contributed by atoms with E-state index in [2.05, 4.69) is 6.07 Å².